The van der Waals surface area contributed by atoms with E-state index >= 15 is 0 Å². The van der Waals surface area contributed by atoms with E-state index < -0.39 is 0 Å². The fraction of sp³-hybridized carbons (Fsp3) is 0.438. The number of aromatic nitrogens is 3. The van der Waals surface area contributed by atoms with Crippen molar-refractivity contribution in [2.24, 2.45) is 10.7 Å². The first-order chi connectivity index (χ1) is 11.7. The topological polar surface area (TPSA) is 99.6 Å². The zero-order chi connectivity index (χ0) is 17.4. The Balaban J connectivity index is 0.00000312. The second-order valence-corrected chi connectivity index (χ2v) is 5.11. The molecule has 0 fully saturated rings. The number of ether oxygens (including phenoxy) is 2. The number of hydrogen-bond donors (Lipinski definition) is 2. The molecule has 0 spiro atoms. The van der Waals surface area contributed by atoms with Gasteiger partial charge in [0.25, 0.3) is 0 Å². The maximum Gasteiger partial charge on any atom is 0.188 e. The number of guanidine groups is 1. The Morgan fingerprint density at radius 2 is 2.04 bits per heavy atom. The van der Waals surface area contributed by atoms with E-state index in [9.17, 15) is 0 Å². The molecule has 0 amide bonds. The fourth-order valence-corrected chi connectivity index (χ4v) is 2.26. The third-order valence-electron chi connectivity index (χ3n) is 3.55. The maximum atomic E-state index is 5.90. The van der Waals surface area contributed by atoms with Gasteiger partial charge in [-0.05, 0) is 17.7 Å². The summed E-state index contributed by atoms with van der Waals surface area (Å²) in [5.41, 5.74) is 6.89. The number of nitrogens with zero attached hydrogens (tertiary/aromatic N) is 4. The van der Waals surface area contributed by atoms with E-state index in [-0.39, 0.29) is 24.0 Å². The second-order valence-electron chi connectivity index (χ2n) is 5.11. The van der Waals surface area contributed by atoms with Gasteiger partial charge in [-0.3, -0.25) is 0 Å². The Morgan fingerprint density at radius 3 is 2.72 bits per heavy atom. The van der Waals surface area contributed by atoms with Crippen LogP contribution in [0.1, 0.15) is 18.3 Å². The molecule has 1 heterocycles. The van der Waals surface area contributed by atoms with Gasteiger partial charge in [-0.15, -0.1) is 34.2 Å². The van der Waals surface area contributed by atoms with Gasteiger partial charge in [0.05, 0.1) is 20.8 Å². The van der Waals surface area contributed by atoms with Gasteiger partial charge < -0.3 is 25.1 Å². The number of aliphatic imine (C=N–C) groups is 1. The van der Waals surface area contributed by atoms with Crippen LogP contribution < -0.4 is 20.5 Å². The standard InChI is InChI=1S/C16H24N6O2.HI/c1-4-15-21-20-11-22(15)8-7-18-16(17)19-10-12-5-6-13(23-2)14(9-12)24-3;/h5-6,9,11H,4,7-8,10H2,1-3H3,(H3,17,18,19);1H. The molecule has 0 aliphatic carbocycles. The minimum absolute atomic E-state index is 0. The normalized spacial score (nSPS) is 10.9. The second kappa shape index (κ2) is 10.7. The van der Waals surface area contributed by atoms with E-state index in [2.05, 4.69) is 20.5 Å². The first kappa shape index (κ1) is 21.0. The molecule has 0 radical (unpaired) electrons. The lowest BCUT2D eigenvalue weighted by Crippen LogP contribution is -2.34. The van der Waals surface area contributed by atoms with Crippen LogP contribution >= 0.6 is 24.0 Å². The van der Waals surface area contributed by atoms with Crippen molar-refractivity contribution in [3.05, 3.63) is 35.9 Å². The van der Waals surface area contributed by atoms with Crippen LogP contribution in [0.25, 0.3) is 0 Å². The Labute approximate surface area is 164 Å². The highest BCUT2D eigenvalue weighted by atomic mass is 127. The van der Waals surface area contributed by atoms with Crippen molar-refractivity contribution in [3.8, 4) is 11.5 Å². The molecule has 0 bridgehead atoms. The van der Waals surface area contributed by atoms with Crippen LogP contribution in [0.3, 0.4) is 0 Å². The molecule has 0 aliphatic heterocycles. The lowest BCUT2D eigenvalue weighted by Gasteiger charge is -2.09. The predicted octanol–water partition coefficient (Wildman–Crippen LogP) is 1.58. The third kappa shape index (κ3) is 6.07. The van der Waals surface area contributed by atoms with E-state index in [1.807, 2.05) is 29.7 Å². The molecule has 138 valence electrons. The number of nitrogens with two attached hydrogens (primary N) is 1. The molecule has 2 rings (SSSR count). The van der Waals surface area contributed by atoms with Gasteiger partial charge in [-0.1, -0.05) is 13.0 Å². The van der Waals surface area contributed by atoms with Crippen molar-refractivity contribution in [1.82, 2.24) is 20.1 Å². The molecule has 0 atom stereocenters. The minimum atomic E-state index is 0. The highest BCUT2D eigenvalue weighted by Crippen LogP contribution is 2.27. The molecule has 1 aromatic carbocycles. The largest absolute Gasteiger partial charge is 0.493 e. The molecule has 0 unspecified atom stereocenters. The predicted molar refractivity (Wildman–Crippen MR) is 108 cm³/mol. The number of rotatable bonds is 8. The van der Waals surface area contributed by atoms with Gasteiger partial charge in [0.15, 0.2) is 17.5 Å². The lowest BCUT2D eigenvalue weighted by atomic mass is 10.2. The summed E-state index contributed by atoms with van der Waals surface area (Å²) in [5, 5.41) is 11.0. The van der Waals surface area contributed by atoms with E-state index in [0.29, 0.717) is 30.5 Å². The highest BCUT2D eigenvalue weighted by molar-refractivity contribution is 14.0. The highest BCUT2D eigenvalue weighted by Gasteiger charge is 2.04. The van der Waals surface area contributed by atoms with Crippen LogP contribution in [0.5, 0.6) is 11.5 Å². The molecule has 3 N–H and O–H groups in total. The molecule has 0 aliphatic rings. The van der Waals surface area contributed by atoms with Crippen molar-refractivity contribution in [2.45, 2.75) is 26.4 Å². The monoisotopic (exact) mass is 460 g/mol. The van der Waals surface area contributed by atoms with Crippen LogP contribution in [0.2, 0.25) is 0 Å². The number of aryl methyl sites for hydroxylation is 1. The van der Waals surface area contributed by atoms with Crippen LogP contribution in [0.4, 0.5) is 0 Å². The number of halogens is 1. The summed E-state index contributed by atoms with van der Waals surface area (Å²) < 4.78 is 12.5. The van der Waals surface area contributed by atoms with E-state index in [1.54, 1.807) is 20.5 Å². The third-order valence-corrected chi connectivity index (χ3v) is 3.55. The van der Waals surface area contributed by atoms with Crippen molar-refractivity contribution < 1.29 is 9.47 Å². The molecule has 8 nitrogen and oxygen atoms in total. The summed E-state index contributed by atoms with van der Waals surface area (Å²) in [5.74, 6) is 2.72. The average Bonchev–Trinajstić information content (AvgIpc) is 3.07. The van der Waals surface area contributed by atoms with E-state index in [0.717, 1.165) is 24.4 Å². The van der Waals surface area contributed by atoms with Crippen LogP contribution in [-0.2, 0) is 19.5 Å². The Hall–Kier alpha value is -2.04. The number of methoxy groups -OCH3 is 2. The number of benzene rings is 1. The van der Waals surface area contributed by atoms with Gasteiger partial charge in [-0.25, -0.2) is 4.99 Å². The number of nitrogens with one attached hydrogen (secondary N) is 1. The van der Waals surface area contributed by atoms with E-state index in [1.165, 1.54) is 0 Å². The first-order valence-electron chi connectivity index (χ1n) is 7.79. The Kier molecular flexibility index (Phi) is 9.03. The lowest BCUT2D eigenvalue weighted by molar-refractivity contribution is 0.354. The van der Waals surface area contributed by atoms with Crippen LogP contribution in [-0.4, -0.2) is 41.5 Å². The molecule has 1 aromatic heterocycles. The Bertz CT molecular complexity index is 689. The van der Waals surface area contributed by atoms with Crippen LogP contribution in [0.15, 0.2) is 29.5 Å². The van der Waals surface area contributed by atoms with Crippen LogP contribution in [0, 0.1) is 0 Å². The minimum Gasteiger partial charge on any atom is -0.493 e. The average molecular weight is 460 g/mol. The molecule has 25 heavy (non-hydrogen) atoms. The SMILES string of the molecule is CCc1nncn1CCNC(N)=NCc1ccc(OC)c(OC)c1.I. The maximum absolute atomic E-state index is 5.90. The quantitative estimate of drug-likeness (QED) is 0.353. The summed E-state index contributed by atoms with van der Waals surface area (Å²) in [6.45, 7) is 3.91. The zero-order valence-electron chi connectivity index (χ0n) is 14.7. The summed E-state index contributed by atoms with van der Waals surface area (Å²) >= 11 is 0. The molecule has 9 heteroatoms. The summed E-state index contributed by atoms with van der Waals surface area (Å²) in [6, 6.07) is 5.68. The van der Waals surface area contributed by atoms with Crippen molar-refractivity contribution >= 4 is 29.9 Å². The van der Waals surface area contributed by atoms with Crippen molar-refractivity contribution in [3.63, 3.8) is 0 Å². The molecular formula is C16H25IN6O2. The number of hydrogen-bond acceptors (Lipinski definition) is 5. The zero-order valence-corrected chi connectivity index (χ0v) is 17.1. The first-order valence-corrected chi connectivity index (χ1v) is 7.79. The van der Waals surface area contributed by atoms with Gasteiger partial charge in [0.2, 0.25) is 0 Å². The molecule has 0 saturated heterocycles. The molecule has 0 saturated carbocycles. The fourth-order valence-electron chi connectivity index (χ4n) is 2.26. The summed E-state index contributed by atoms with van der Waals surface area (Å²) in [4.78, 5) is 4.33. The van der Waals surface area contributed by atoms with Gasteiger partial charge in [0.1, 0.15) is 12.2 Å². The Morgan fingerprint density at radius 1 is 1.28 bits per heavy atom. The van der Waals surface area contributed by atoms with E-state index in [4.69, 9.17) is 15.2 Å². The summed E-state index contributed by atoms with van der Waals surface area (Å²) in [7, 11) is 3.22. The molecule has 2 aromatic rings. The van der Waals surface area contributed by atoms with Gasteiger partial charge in [-0.2, -0.15) is 0 Å². The molecular weight excluding hydrogens is 435 g/mol. The summed E-state index contributed by atoms with van der Waals surface area (Å²) in [6.07, 6.45) is 2.57. The van der Waals surface area contributed by atoms with Gasteiger partial charge in [0, 0.05) is 19.5 Å². The van der Waals surface area contributed by atoms with Crippen molar-refractivity contribution in [1.29, 1.82) is 0 Å². The van der Waals surface area contributed by atoms with Gasteiger partial charge >= 0.3 is 0 Å². The van der Waals surface area contributed by atoms with Crippen molar-refractivity contribution in [2.75, 3.05) is 20.8 Å². The smallest absolute Gasteiger partial charge is 0.188 e.